The van der Waals surface area contributed by atoms with Gasteiger partial charge < -0.3 is 0 Å². The Morgan fingerprint density at radius 3 is 2.92 bits per heavy atom. The average Bonchev–Trinajstić information content (AvgIpc) is 2.19. The monoisotopic (exact) mass is 423 g/mol. The van der Waals surface area contributed by atoms with Gasteiger partial charge in [0.2, 0.25) is 0 Å². The summed E-state index contributed by atoms with van der Waals surface area (Å²) in [5, 5.41) is 1.26. The van der Waals surface area contributed by atoms with E-state index in [-0.39, 0.29) is 0 Å². The second kappa shape index (κ2) is 4.51. The fourth-order valence-electron chi connectivity index (χ4n) is 1.47. The Bertz CT molecular complexity index is 411. The van der Waals surface area contributed by atoms with E-state index in [1.165, 1.54) is 20.4 Å². The standard InChI is InChI=1S/C10H8N.BrH.Hg/c1-8-4-2-5-9-6-3-7-11-10(8)9;;/h2-7H,1H2;1H;/q;;+1/p-1. The van der Waals surface area contributed by atoms with Crippen molar-refractivity contribution in [3.05, 3.63) is 42.1 Å². The summed E-state index contributed by atoms with van der Waals surface area (Å²) in [5.41, 5.74) is 2.60. The molecule has 13 heavy (non-hydrogen) atoms. The van der Waals surface area contributed by atoms with Crippen LogP contribution in [0.5, 0.6) is 0 Å². The number of aromatic nitrogens is 1. The minimum absolute atomic E-state index is 0.753. The second-order valence-corrected chi connectivity index (χ2v) is 13.3. The van der Waals surface area contributed by atoms with Crippen LogP contribution in [-0.2, 0) is 26.1 Å². The Balaban J connectivity index is 2.61. The van der Waals surface area contributed by atoms with E-state index in [9.17, 15) is 0 Å². The van der Waals surface area contributed by atoms with E-state index in [4.69, 9.17) is 0 Å². The number of para-hydroxylation sites is 1. The SMILES string of the molecule is [Br][Hg][CH2]c1cccc2cccnc12. The van der Waals surface area contributed by atoms with E-state index in [2.05, 4.69) is 41.2 Å². The summed E-state index contributed by atoms with van der Waals surface area (Å²) in [5.74, 6) is 0. The van der Waals surface area contributed by atoms with Crippen molar-refractivity contribution in [2.24, 2.45) is 0 Å². The molecule has 0 bridgehead atoms. The first-order chi connectivity index (χ1) is 6.42. The number of rotatable bonds is 2. The van der Waals surface area contributed by atoms with E-state index in [0.717, 1.165) is 0 Å². The van der Waals surface area contributed by atoms with Crippen LogP contribution in [0.4, 0.5) is 0 Å². The molecule has 2 aromatic rings. The third-order valence-corrected chi connectivity index (χ3v) is 8.39. The number of hydrogen-bond donors (Lipinski definition) is 0. The molecule has 0 saturated heterocycles. The van der Waals surface area contributed by atoms with Gasteiger partial charge in [-0.2, -0.15) is 0 Å². The summed E-state index contributed by atoms with van der Waals surface area (Å²) < 4.78 is 1.26. The van der Waals surface area contributed by atoms with E-state index < -0.39 is 22.1 Å². The van der Waals surface area contributed by atoms with Gasteiger partial charge in [0.25, 0.3) is 0 Å². The van der Waals surface area contributed by atoms with Crippen LogP contribution in [0.25, 0.3) is 10.9 Å². The fourth-order valence-corrected chi connectivity index (χ4v) is 7.58. The molecule has 62 valence electrons. The third kappa shape index (κ3) is 2.10. The van der Waals surface area contributed by atoms with Gasteiger partial charge in [-0.3, -0.25) is 0 Å². The molecule has 0 atom stereocenters. The zero-order valence-corrected chi connectivity index (χ0v) is 14.3. The van der Waals surface area contributed by atoms with E-state index in [0.29, 0.717) is 0 Å². The van der Waals surface area contributed by atoms with Crippen molar-refractivity contribution in [1.29, 1.82) is 0 Å². The molecule has 1 aromatic carbocycles. The number of fused-ring (bicyclic) bond motifs is 1. The van der Waals surface area contributed by atoms with Crippen molar-refractivity contribution in [2.45, 2.75) is 3.93 Å². The summed E-state index contributed by atoms with van der Waals surface area (Å²) in [6.07, 6.45) is 1.87. The molecule has 3 heteroatoms. The van der Waals surface area contributed by atoms with Crippen LogP contribution in [0.3, 0.4) is 0 Å². The summed E-state index contributed by atoms with van der Waals surface area (Å²) >= 11 is 2.91. The molecule has 0 amide bonds. The first kappa shape index (κ1) is 9.59. The summed E-state index contributed by atoms with van der Waals surface area (Å²) in [7, 11) is 0. The molecular weight excluding hydrogens is 415 g/mol. The van der Waals surface area contributed by atoms with Gasteiger partial charge in [-0.15, -0.1) is 0 Å². The number of hydrogen-bond acceptors (Lipinski definition) is 1. The van der Waals surface area contributed by atoms with Crippen molar-refractivity contribution < 1.29 is 22.1 Å². The third-order valence-electron chi connectivity index (χ3n) is 2.08. The zero-order chi connectivity index (χ0) is 9.10. The predicted octanol–water partition coefficient (Wildman–Crippen LogP) is 3.13. The minimum atomic E-state index is -0.753. The van der Waals surface area contributed by atoms with Gasteiger partial charge in [-0.1, -0.05) is 0 Å². The predicted molar refractivity (Wildman–Crippen MR) is 54.4 cm³/mol. The second-order valence-electron chi connectivity index (χ2n) is 2.93. The summed E-state index contributed by atoms with van der Waals surface area (Å²) in [6.45, 7) is 0. The van der Waals surface area contributed by atoms with Gasteiger partial charge in [-0.25, -0.2) is 0 Å². The van der Waals surface area contributed by atoms with Crippen molar-refractivity contribution in [1.82, 2.24) is 4.98 Å². The molecule has 2 rings (SSSR count). The number of benzene rings is 1. The van der Waals surface area contributed by atoms with E-state index >= 15 is 0 Å². The normalized spacial score (nSPS) is 9.92. The van der Waals surface area contributed by atoms with E-state index in [1.54, 1.807) is 0 Å². The van der Waals surface area contributed by atoms with Crippen LogP contribution in [0.1, 0.15) is 5.56 Å². The first-order valence-electron chi connectivity index (χ1n) is 4.30. The van der Waals surface area contributed by atoms with Crippen molar-refractivity contribution in [3.63, 3.8) is 0 Å². The van der Waals surface area contributed by atoms with Gasteiger partial charge in [0.05, 0.1) is 0 Å². The molecule has 0 N–H and O–H groups in total. The Morgan fingerprint density at radius 2 is 2.08 bits per heavy atom. The quantitative estimate of drug-likeness (QED) is 0.678. The molecule has 0 spiro atoms. The van der Waals surface area contributed by atoms with Crippen LogP contribution in [0, 0.1) is 0 Å². The molecule has 0 aliphatic heterocycles. The fraction of sp³-hybridized carbons (Fsp3) is 0.100. The van der Waals surface area contributed by atoms with Crippen molar-refractivity contribution in [3.8, 4) is 0 Å². The molecule has 1 aromatic heterocycles. The number of pyridine rings is 1. The average molecular weight is 423 g/mol. The Labute approximate surface area is 95.2 Å². The summed E-state index contributed by atoms with van der Waals surface area (Å²) in [4.78, 5) is 4.41. The summed E-state index contributed by atoms with van der Waals surface area (Å²) in [6, 6.07) is 10.5. The van der Waals surface area contributed by atoms with Crippen LogP contribution in [0.15, 0.2) is 36.5 Å². The maximum atomic E-state index is 4.41. The number of nitrogens with zero attached hydrogens (tertiary/aromatic N) is 1. The number of halogens is 1. The van der Waals surface area contributed by atoms with Crippen molar-refractivity contribution >= 4 is 22.8 Å². The molecule has 0 fully saturated rings. The molecule has 0 aliphatic carbocycles. The Morgan fingerprint density at radius 1 is 1.23 bits per heavy atom. The topological polar surface area (TPSA) is 12.9 Å². The van der Waals surface area contributed by atoms with Crippen LogP contribution in [0.2, 0.25) is 0 Å². The molecule has 0 aliphatic rings. The van der Waals surface area contributed by atoms with Crippen molar-refractivity contribution in [2.75, 3.05) is 0 Å². The molecule has 0 unspecified atom stereocenters. The maximum absolute atomic E-state index is 4.41. The van der Waals surface area contributed by atoms with Gasteiger partial charge >= 0.3 is 96.0 Å². The first-order valence-corrected chi connectivity index (χ1v) is 20.1. The van der Waals surface area contributed by atoms with Gasteiger partial charge in [0.1, 0.15) is 0 Å². The molecule has 1 nitrogen and oxygen atoms in total. The molecule has 0 saturated carbocycles. The zero-order valence-electron chi connectivity index (χ0n) is 7.20. The van der Waals surface area contributed by atoms with Crippen LogP contribution >= 0.6 is 11.9 Å². The van der Waals surface area contributed by atoms with E-state index in [1.807, 2.05) is 12.3 Å². The Kier molecular flexibility index (Phi) is 3.33. The van der Waals surface area contributed by atoms with Crippen LogP contribution in [-0.4, -0.2) is 4.98 Å². The molecule has 0 radical (unpaired) electrons. The van der Waals surface area contributed by atoms with Gasteiger partial charge in [0, 0.05) is 0 Å². The molecular formula is C10H8BrHgN. The van der Waals surface area contributed by atoms with Crippen LogP contribution < -0.4 is 0 Å². The Hall–Kier alpha value is 0.0451. The van der Waals surface area contributed by atoms with Gasteiger partial charge in [-0.05, 0) is 0 Å². The molecule has 1 heterocycles. The van der Waals surface area contributed by atoms with Gasteiger partial charge in [0.15, 0.2) is 0 Å².